The second-order valence-corrected chi connectivity index (χ2v) is 6.14. The number of carboxylic acid groups (broad SMARTS) is 1. The molecule has 1 saturated heterocycles. The number of nitrogens with one attached hydrogen (secondary N) is 1. The van der Waals surface area contributed by atoms with Crippen LogP contribution < -0.4 is 5.32 Å². The lowest BCUT2D eigenvalue weighted by atomic mass is 9.98. The largest absolute Gasteiger partial charge is 0.481 e. The number of aliphatic carboxylic acids is 1. The van der Waals surface area contributed by atoms with Crippen LogP contribution in [0.1, 0.15) is 30.9 Å². The molecule has 1 aromatic rings. The number of carboxylic acids is 1. The van der Waals surface area contributed by atoms with Crippen LogP contribution in [-0.2, 0) is 27.5 Å². The molecule has 0 aromatic heterocycles. The Labute approximate surface area is 154 Å². The highest BCUT2D eigenvalue weighted by atomic mass is 35.5. The lowest BCUT2D eigenvalue weighted by Crippen LogP contribution is -2.44. The topological polar surface area (TPSA) is 78.9 Å². The number of carbonyl (C=O) groups is 2. The highest BCUT2D eigenvalue weighted by Crippen LogP contribution is 2.16. The van der Waals surface area contributed by atoms with Crippen molar-refractivity contribution in [1.29, 1.82) is 0 Å². The zero-order valence-electron chi connectivity index (χ0n) is 14.6. The predicted molar refractivity (Wildman–Crippen MR) is 97.7 cm³/mol. The van der Waals surface area contributed by atoms with Crippen LogP contribution in [-0.4, -0.2) is 48.1 Å². The molecule has 6 nitrogen and oxygen atoms in total. The minimum Gasteiger partial charge on any atom is -0.481 e. The van der Waals surface area contributed by atoms with Gasteiger partial charge in [-0.2, -0.15) is 0 Å². The maximum absolute atomic E-state index is 12.0. The standard InChI is InChI=1S/C18H26N2O4.ClH/c1-2-24-13-15-7-5-14(6-8-15)10-19-17(21)12-20-9-3-4-16(11-20)18(22)23;/h5-8,16H,2-4,9-13H2,1H3,(H,19,21)(H,22,23);1H. The zero-order valence-corrected chi connectivity index (χ0v) is 15.4. The van der Waals surface area contributed by atoms with Crippen LogP contribution in [0.25, 0.3) is 0 Å². The molecule has 1 amide bonds. The Balaban J connectivity index is 0.00000312. The van der Waals surface area contributed by atoms with Gasteiger partial charge in [-0.3, -0.25) is 14.5 Å². The summed E-state index contributed by atoms with van der Waals surface area (Å²) in [6, 6.07) is 7.96. The van der Waals surface area contributed by atoms with Crippen LogP contribution in [0.5, 0.6) is 0 Å². The van der Waals surface area contributed by atoms with Gasteiger partial charge in [-0.15, -0.1) is 12.4 Å². The molecule has 2 N–H and O–H groups in total. The SMILES string of the molecule is CCOCc1ccc(CNC(=O)CN2CCCC(C(=O)O)C2)cc1.Cl. The number of rotatable bonds is 8. The fourth-order valence-electron chi connectivity index (χ4n) is 2.83. The van der Waals surface area contributed by atoms with E-state index in [2.05, 4.69) is 5.32 Å². The summed E-state index contributed by atoms with van der Waals surface area (Å²) in [5, 5.41) is 12.0. The first-order valence-electron chi connectivity index (χ1n) is 8.46. The maximum atomic E-state index is 12.0. The number of carbonyl (C=O) groups excluding carboxylic acids is 1. The number of hydrogen-bond donors (Lipinski definition) is 2. The first-order valence-corrected chi connectivity index (χ1v) is 8.46. The smallest absolute Gasteiger partial charge is 0.307 e. The number of piperidine rings is 1. The molecule has 1 aliphatic heterocycles. The van der Waals surface area contributed by atoms with Gasteiger partial charge in [-0.05, 0) is 37.4 Å². The van der Waals surface area contributed by atoms with Crippen molar-refractivity contribution in [3.05, 3.63) is 35.4 Å². The summed E-state index contributed by atoms with van der Waals surface area (Å²) in [5.74, 6) is -1.20. The highest BCUT2D eigenvalue weighted by molar-refractivity contribution is 5.85. The van der Waals surface area contributed by atoms with E-state index in [0.717, 1.165) is 24.1 Å². The summed E-state index contributed by atoms with van der Waals surface area (Å²) in [4.78, 5) is 25.0. The summed E-state index contributed by atoms with van der Waals surface area (Å²) < 4.78 is 5.35. The summed E-state index contributed by atoms with van der Waals surface area (Å²) >= 11 is 0. The van der Waals surface area contributed by atoms with Gasteiger partial charge in [0, 0.05) is 19.7 Å². The molecule has 25 heavy (non-hydrogen) atoms. The molecule has 0 radical (unpaired) electrons. The number of amides is 1. The van der Waals surface area contributed by atoms with Gasteiger partial charge >= 0.3 is 5.97 Å². The summed E-state index contributed by atoms with van der Waals surface area (Å²) in [5.41, 5.74) is 2.14. The molecular weight excluding hydrogens is 344 g/mol. The fraction of sp³-hybridized carbons (Fsp3) is 0.556. The summed E-state index contributed by atoms with van der Waals surface area (Å²) in [6.45, 7) is 5.22. The third kappa shape index (κ3) is 7.42. The van der Waals surface area contributed by atoms with Gasteiger partial charge in [0.2, 0.25) is 5.91 Å². The van der Waals surface area contributed by atoms with Crippen molar-refractivity contribution in [3.8, 4) is 0 Å². The van der Waals surface area contributed by atoms with Crippen LogP contribution in [0.2, 0.25) is 0 Å². The first-order chi connectivity index (χ1) is 11.6. The Morgan fingerprint density at radius 2 is 1.96 bits per heavy atom. The first kappa shape index (κ1) is 21.4. The van der Waals surface area contributed by atoms with Gasteiger partial charge in [0.15, 0.2) is 0 Å². The Kier molecular flexibility index (Phi) is 9.49. The van der Waals surface area contributed by atoms with Gasteiger partial charge in [0.1, 0.15) is 0 Å². The molecule has 140 valence electrons. The third-order valence-corrected chi connectivity index (χ3v) is 4.21. The second kappa shape index (κ2) is 11.1. The third-order valence-electron chi connectivity index (χ3n) is 4.21. The van der Waals surface area contributed by atoms with Crippen molar-refractivity contribution in [1.82, 2.24) is 10.2 Å². The van der Waals surface area contributed by atoms with Crippen LogP contribution in [0.4, 0.5) is 0 Å². The molecule has 7 heteroatoms. The zero-order chi connectivity index (χ0) is 17.4. The summed E-state index contributed by atoms with van der Waals surface area (Å²) in [7, 11) is 0. The molecule has 0 bridgehead atoms. The number of hydrogen-bond acceptors (Lipinski definition) is 4. The van der Waals surface area contributed by atoms with Crippen molar-refractivity contribution >= 4 is 24.3 Å². The predicted octanol–water partition coefficient (Wildman–Crippen LogP) is 2.06. The van der Waals surface area contributed by atoms with E-state index in [-0.39, 0.29) is 30.8 Å². The van der Waals surface area contributed by atoms with E-state index >= 15 is 0 Å². The molecule has 0 spiro atoms. The summed E-state index contributed by atoms with van der Waals surface area (Å²) in [6.07, 6.45) is 1.52. The van der Waals surface area contributed by atoms with E-state index in [0.29, 0.717) is 32.7 Å². The molecule has 1 heterocycles. The Morgan fingerprint density at radius 1 is 1.28 bits per heavy atom. The number of halogens is 1. The monoisotopic (exact) mass is 370 g/mol. The van der Waals surface area contributed by atoms with E-state index in [4.69, 9.17) is 9.84 Å². The Bertz CT molecular complexity index is 551. The van der Waals surface area contributed by atoms with Crippen LogP contribution in [0.15, 0.2) is 24.3 Å². The average Bonchev–Trinajstić information content (AvgIpc) is 2.59. The molecule has 0 aliphatic carbocycles. The normalized spacial score (nSPS) is 17.6. The van der Waals surface area contributed by atoms with Crippen LogP contribution in [0.3, 0.4) is 0 Å². The van der Waals surface area contributed by atoms with Crippen LogP contribution in [0, 0.1) is 5.92 Å². The van der Waals surface area contributed by atoms with Crippen molar-refractivity contribution in [2.45, 2.75) is 32.9 Å². The maximum Gasteiger partial charge on any atom is 0.307 e. The van der Waals surface area contributed by atoms with E-state index in [9.17, 15) is 9.59 Å². The molecule has 1 fully saturated rings. The fourth-order valence-corrected chi connectivity index (χ4v) is 2.83. The molecule has 0 saturated carbocycles. The van der Waals surface area contributed by atoms with Crippen molar-refractivity contribution in [2.24, 2.45) is 5.92 Å². The number of ether oxygens (including phenoxy) is 1. The molecule has 1 aliphatic rings. The average molecular weight is 371 g/mol. The van der Waals surface area contributed by atoms with Gasteiger partial charge in [-0.25, -0.2) is 0 Å². The van der Waals surface area contributed by atoms with E-state index in [1.165, 1.54) is 0 Å². The van der Waals surface area contributed by atoms with Crippen LogP contribution >= 0.6 is 12.4 Å². The quantitative estimate of drug-likeness (QED) is 0.732. The lowest BCUT2D eigenvalue weighted by Gasteiger charge is -2.29. The number of benzene rings is 1. The van der Waals surface area contributed by atoms with Gasteiger partial charge in [0.05, 0.1) is 19.1 Å². The van der Waals surface area contributed by atoms with Crippen molar-refractivity contribution in [3.63, 3.8) is 0 Å². The lowest BCUT2D eigenvalue weighted by molar-refractivity contribution is -0.144. The minimum atomic E-state index is -0.771. The molecule has 1 unspecified atom stereocenters. The van der Waals surface area contributed by atoms with Crippen molar-refractivity contribution in [2.75, 3.05) is 26.2 Å². The van der Waals surface area contributed by atoms with Crippen molar-refractivity contribution < 1.29 is 19.4 Å². The van der Waals surface area contributed by atoms with E-state index in [1.807, 2.05) is 36.1 Å². The molecular formula is C18H27ClN2O4. The van der Waals surface area contributed by atoms with E-state index in [1.54, 1.807) is 0 Å². The second-order valence-electron chi connectivity index (χ2n) is 6.14. The Hall–Kier alpha value is -1.63. The Morgan fingerprint density at radius 3 is 2.60 bits per heavy atom. The molecule has 2 rings (SSSR count). The highest BCUT2D eigenvalue weighted by Gasteiger charge is 2.26. The number of nitrogens with zero attached hydrogens (tertiary/aromatic N) is 1. The van der Waals surface area contributed by atoms with Gasteiger partial charge < -0.3 is 15.2 Å². The minimum absolute atomic E-state index is 0. The van der Waals surface area contributed by atoms with E-state index < -0.39 is 5.97 Å². The molecule has 1 aromatic carbocycles. The molecule has 1 atom stereocenters. The number of likely N-dealkylation sites (tertiary alicyclic amines) is 1. The van der Waals surface area contributed by atoms with Gasteiger partial charge in [0.25, 0.3) is 0 Å². The van der Waals surface area contributed by atoms with Gasteiger partial charge in [-0.1, -0.05) is 24.3 Å².